The summed E-state index contributed by atoms with van der Waals surface area (Å²) >= 11 is 0. The van der Waals surface area contributed by atoms with Crippen LogP contribution >= 0.6 is 0 Å². The van der Waals surface area contributed by atoms with Crippen molar-refractivity contribution < 1.29 is 13.9 Å². The van der Waals surface area contributed by atoms with E-state index in [-0.39, 0.29) is 11.6 Å². The molecule has 0 amide bonds. The Kier molecular flexibility index (Phi) is 5.93. The minimum Gasteiger partial charge on any atom is -0.384 e. The smallest absolute Gasteiger partial charge is 0.225 e. The molecular formula is C27H23F2N7O. The summed E-state index contributed by atoms with van der Waals surface area (Å²) in [6.07, 6.45) is 5.68. The van der Waals surface area contributed by atoms with Gasteiger partial charge in [-0.25, -0.2) is 28.2 Å². The number of fused-ring (bicyclic) bond motifs is 1. The van der Waals surface area contributed by atoms with Crippen LogP contribution in [-0.2, 0) is 0 Å². The molecule has 6 rings (SSSR count). The van der Waals surface area contributed by atoms with Gasteiger partial charge in [-0.3, -0.25) is 0 Å². The number of hydrogen-bond donors (Lipinski definition) is 1. The number of benzene rings is 2. The molecule has 5 aromatic rings. The second-order valence-electron chi connectivity index (χ2n) is 8.90. The Balaban J connectivity index is 1.16. The molecule has 4 heterocycles. The Morgan fingerprint density at radius 3 is 2.22 bits per heavy atom. The summed E-state index contributed by atoms with van der Waals surface area (Å²) in [4.78, 5) is 17.7. The van der Waals surface area contributed by atoms with Crippen molar-refractivity contribution in [2.75, 3.05) is 36.0 Å². The Morgan fingerprint density at radius 2 is 1.49 bits per heavy atom. The summed E-state index contributed by atoms with van der Waals surface area (Å²) in [5, 5.41) is 14.9. The average molecular weight is 500 g/mol. The van der Waals surface area contributed by atoms with E-state index >= 15 is 0 Å². The van der Waals surface area contributed by atoms with Gasteiger partial charge in [-0.05, 0) is 41.5 Å². The maximum atomic E-state index is 13.7. The normalized spacial score (nSPS) is 14.8. The van der Waals surface area contributed by atoms with Crippen LogP contribution in [0.5, 0.6) is 0 Å². The Bertz CT molecular complexity index is 1530. The first-order valence-electron chi connectivity index (χ1n) is 11.9. The molecule has 10 heteroatoms. The molecule has 37 heavy (non-hydrogen) atoms. The first kappa shape index (κ1) is 23.0. The van der Waals surface area contributed by atoms with Gasteiger partial charge in [0.1, 0.15) is 29.6 Å². The number of piperazine rings is 1. The molecule has 1 atom stereocenters. The molecule has 1 fully saturated rings. The van der Waals surface area contributed by atoms with Gasteiger partial charge in [-0.1, -0.05) is 24.3 Å². The van der Waals surface area contributed by atoms with Crippen LogP contribution < -0.4 is 9.80 Å². The Hall–Kier alpha value is -4.44. The molecule has 186 valence electrons. The van der Waals surface area contributed by atoms with Crippen LogP contribution in [0.1, 0.15) is 17.2 Å². The van der Waals surface area contributed by atoms with Crippen molar-refractivity contribution in [1.29, 1.82) is 0 Å². The van der Waals surface area contributed by atoms with Gasteiger partial charge < -0.3 is 14.9 Å². The van der Waals surface area contributed by atoms with Gasteiger partial charge in [0, 0.05) is 55.9 Å². The lowest BCUT2D eigenvalue weighted by Crippen LogP contribution is -2.47. The number of anilines is 2. The molecule has 0 aliphatic carbocycles. The van der Waals surface area contributed by atoms with Crippen molar-refractivity contribution in [2.45, 2.75) is 6.10 Å². The van der Waals surface area contributed by atoms with Gasteiger partial charge in [-0.2, -0.15) is 5.10 Å². The first-order chi connectivity index (χ1) is 18.0. The van der Waals surface area contributed by atoms with E-state index in [9.17, 15) is 13.9 Å². The molecule has 0 bridgehead atoms. The molecule has 1 saturated heterocycles. The molecule has 8 nitrogen and oxygen atoms in total. The third-order valence-corrected chi connectivity index (χ3v) is 6.57. The molecule has 1 N–H and O–H groups in total. The quantitative estimate of drug-likeness (QED) is 0.393. The van der Waals surface area contributed by atoms with Crippen LogP contribution in [0.3, 0.4) is 0 Å². The number of aliphatic hydroxyl groups is 1. The van der Waals surface area contributed by atoms with Crippen LogP contribution in [-0.4, -0.2) is 55.9 Å². The summed E-state index contributed by atoms with van der Waals surface area (Å²) in [7, 11) is 0. The number of halogens is 2. The van der Waals surface area contributed by atoms with E-state index in [0.717, 1.165) is 22.5 Å². The van der Waals surface area contributed by atoms with E-state index < -0.39 is 6.10 Å². The highest BCUT2D eigenvalue weighted by molar-refractivity contribution is 5.77. The van der Waals surface area contributed by atoms with E-state index in [1.54, 1.807) is 35.1 Å². The summed E-state index contributed by atoms with van der Waals surface area (Å²) in [5.41, 5.74) is 3.63. The van der Waals surface area contributed by atoms with E-state index in [0.29, 0.717) is 43.3 Å². The van der Waals surface area contributed by atoms with Gasteiger partial charge in [0.2, 0.25) is 5.95 Å². The molecule has 1 aliphatic heterocycles. The minimum atomic E-state index is -0.925. The lowest BCUT2D eigenvalue weighted by Gasteiger charge is -2.35. The predicted octanol–water partition coefficient (Wildman–Crippen LogP) is 3.87. The highest BCUT2D eigenvalue weighted by atomic mass is 19.1. The molecule has 1 unspecified atom stereocenters. The van der Waals surface area contributed by atoms with Crippen LogP contribution in [0.25, 0.3) is 16.6 Å². The van der Waals surface area contributed by atoms with E-state index in [1.165, 1.54) is 30.6 Å². The molecule has 2 aromatic carbocycles. The molecular weight excluding hydrogens is 476 g/mol. The van der Waals surface area contributed by atoms with Gasteiger partial charge in [-0.15, -0.1) is 0 Å². The molecule has 1 aliphatic rings. The van der Waals surface area contributed by atoms with Crippen molar-refractivity contribution in [1.82, 2.24) is 24.6 Å². The van der Waals surface area contributed by atoms with Crippen molar-refractivity contribution in [3.63, 3.8) is 0 Å². The fraction of sp³-hybridized carbons (Fsp3) is 0.185. The van der Waals surface area contributed by atoms with Gasteiger partial charge >= 0.3 is 0 Å². The number of rotatable bonds is 5. The zero-order valence-corrected chi connectivity index (χ0v) is 19.7. The van der Waals surface area contributed by atoms with Crippen molar-refractivity contribution >= 4 is 17.3 Å². The highest BCUT2D eigenvalue weighted by Crippen LogP contribution is 2.28. The fourth-order valence-corrected chi connectivity index (χ4v) is 4.58. The van der Waals surface area contributed by atoms with Crippen LogP contribution in [0.4, 0.5) is 20.5 Å². The van der Waals surface area contributed by atoms with Gasteiger partial charge in [0.25, 0.3) is 0 Å². The lowest BCUT2D eigenvalue weighted by molar-refractivity contribution is 0.219. The zero-order chi connectivity index (χ0) is 25.4. The second kappa shape index (κ2) is 9.55. The SMILES string of the molecule is OC(c1ccc(F)cc1)c1cnc(N2CCN(c3ncnn4cc(-c5cccc(F)c5)cc34)CC2)nc1. The van der Waals surface area contributed by atoms with Crippen LogP contribution in [0.2, 0.25) is 0 Å². The van der Waals surface area contributed by atoms with Crippen molar-refractivity contribution in [3.05, 3.63) is 102 Å². The Morgan fingerprint density at radius 1 is 0.757 bits per heavy atom. The van der Waals surface area contributed by atoms with Crippen molar-refractivity contribution in [2.24, 2.45) is 0 Å². The average Bonchev–Trinajstić information content (AvgIpc) is 3.38. The summed E-state index contributed by atoms with van der Waals surface area (Å²) in [6.45, 7) is 2.79. The summed E-state index contributed by atoms with van der Waals surface area (Å²) in [5.74, 6) is 0.762. The molecule has 0 radical (unpaired) electrons. The molecule has 0 spiro atoms. The minimum absolute atomic E-state index is 0.282. The zero-order valence-electron chi connectivity index (χ0n) is 19.7. The predicted molar refractivity (Wildman–Crippen MR) is 135 cm³/mol. The van der Waals surface area contributed by atoms with E-state index in [2.05, 4.69) is 29.9 Å². The Labute approximate surface area is 211 Å². The van der Waals surface area contributed by atoms with E-state index in [1.807, 2.05) is 18.3 Å². The first-order valence-corrected chi connectivity index (χ1v) is 11.9. The maximum absolute atomic E-state index is 13.7. The number of aliphatic hydroxyl groups excluding tert-OH is 1. The fourth-order valence-electron chi connectivity index (χ4n) is 4.58. The van der Waals surface area contributed by atoms with E-state index in [4.69, 9.17) is 0 Å². The number of hydrogen-bond acceptors (Lipinski definition) is 7. The lowest BCUT2D eigenvalue weighted by atomic mass is 10.0. The van der Waals surface area contributed by atoms with Crippen LogP contribution in [0.15, 0.2) is 79.5 Å². The highest BCUT2D eigenvalue weighted by Gasteiger charge is 2.23. The largest absolute Gasteiger partial charge is 0.384 e. The molecule has 0 saturated carbocycles. The number of aromatic nitrogens is 5. The molecule has 3 aromatic heterocycles. The monoisotopic (exact) mass is 499 g/mol. The number of nitrogens with zero attached hydrogens (tertiary/aromatic N) is 7. The third-order valence-electron chi connectivity index (χ3n) is 6.57. The second-order valence-corrected chi connectivity index (χ2v) is 8.90. The van der Waals surface area contributed by atoms with Crippen molar-refractivity contribution in [3.8, 4) is 11.1 Å². The third kappa shape index (κ3) is 4.58. The van der Waals surface area contributed by atoms with Gasteiger partial charge in [0.15, 0.2) is 5.82 Å². The van der Waals surface area contributed by atoms with Crippen LogP contribution in [0, 0.1) is 11.6 Å². The summed E-state index contributed by atoms with van der Waals surface area (Å²) < 4.78 is 28.7. The standard InChI is InChI=1S/C27H23F2N7O/c28-22-6-4-18(5-7-22)25(37)21-14-30-27(31-15-21)35-10-8-34(9-11-35)26-24-13-20(16-36(24)33-17-32-26)19-2-1-3-23(29)12-19/h1-7,12-17,25,37H,8-11H2. The topological polar surface area (TPSA) is 82.7 Å². The maximum Gasteiger partial charge on any atom is 0.225 e. The summed E-state index contributed by atoms with van der Waals surface area (Å²) in [6, 6.07) is 14.2. The van der Waals surface area contributed by atoms with Gasteiger partial charge in [0.05, 0.1) is 0 Å².